The first-order chi connectivity index (χ1) is 14.0. The average Bonchev–Trinajstić information content (AvgIpc) is 2.72. The maximum atomic E-state index is 13.7. The molecule has 0 fully saturated rings. The Kier molecular flexibility index (Phi) is 8.80. The number of ether oxygens (including phenoxy) is 1. The summed E-state index contributed by atoms with van der Waals surface area (Å²) >= 11 is 0. The summed E-state index contributed by atoms with van der Waals surface area (Å²) in [6.45, 7) is 3.97. The van der Waals surface area contributed by atoms with Gasteiger partial charge in [0.1, 0.15) is 0 Å². The zero-order chi connectivity index (χ0) is 21.2. The number of phenols is 1. The lowest BCUT2D eigenvalue weighted by Crippen LogP contribution is -2.15. The molecule has 0 radical (unpaired) electrons. The number of benzene rings is 2. The number of methoxy groups -OCH3 is 1. The highest BCUT2D eigenvalue weighted by atomic mass is 19.1. The molecule has 1 unspecified atom stereocenters. The molecule has 1 atom stereocenters. The molecule has 0 aliphatic rings. The van der Waals surface area contributed by atoms with Crippen LogP contribution in [0, 0.1) is 5.82 Å². The molecule has 0 aliphatic carbocycles. The van der Waals surface area contributed by atoms with E-state index >= 15 is 0 Å². The largest absolute Gasteiger partial charge is 0.505 e. The molecule has 2 aromatic carbocycles. The van der Waals surface area contributed by atoms with Crippen LogP contribution in [0.15, 0.2) is 72.3 Å². The highest BCUT2D eigenvalue weighted by Crippen LogP contribution is 2.27. The van der Waals surface area contributed by atoms with Crippen molar-refractivity contribution in [3.8, 4) is 5.75 Å². The number of rotatable bonds is 10. The fourth-order valence-corrected chi connectivity index (χ4v) is 3.09. The molecule has 2 rings (SSSR count). The minimum Gasteiger partial charge on any atom is -0.505 e. The minimum atomic E-state index is -0.825. The SMILES string of the molecule is C=C(COC)/C(=C/CO)C(O)CC/C(=C/c1ccc(O)c(F)c1)c1ccccc1. The van der Waals surface area contributed by atoms with Crippen molar-refractivity contribution in [1.29, 1.82) is 0 Å². The Bertz CT molecular complexity index is 872. The molecule has 0 bridgehead atoms. The van der Waals surface area contributed by atoms with E-state index in [4.69, 9.17) is 4.74 Å². The normalized spacial score (nSPS) is 13.4. The Balaban J connectivity index is 2.26. The van der Waals surface area contributed by atoms with E-state index in [-0.39, 0.29) is 13.2 Å². The van der Waals surface area contributed by atoms with Gasteiger partial charge in [-0.2, -0.15) is 0 Å². The Labute approximate surface area is 170 Å². The molecule has 29 heavy (non-hydrogen) atoms. The molecule has 0 saturated heterocycles. The van der Waals surface area contributed by atoms with Crippen LogP contribution >= 0.6 is 0 Å². The number of allylic oxidation sites excluding steroid dienone is 1. The topological polar surface area (TPSA) is 69.9 Å². The van der Waals surface area contributed by atoms with E-state index < -0.39 is 17.7 Å². The molecular weight excluding hydrogens is 371 g/mol. The molecular formula is C24H27FO4. The minimum absolute atomic E-state index is 0.205. The van der Waals surface area contributed by atoms with E-state index in [0.29, 0.717) is 29.6 Å². The van der Waals surface area contributed by atoms with Crippen molar-refractivity contribution in [2.75, 3.05) is 20.3 Å². The second kappa shape index (κ2) is 11.3. The van der Waals surface area contributed by atoms with Gasteiger partial charge in [0.25, 0.3) is 0 Å². The van der Waals surface area contributed by atoms with E-state index in [0.717, 1.165) is 11.1 Å². The van der Waals surface area contributed by atoms with Crippen LogP contribution in [0.1, 0.15) is 24.0 Å². The van der Waals surface area contributed by atoms with Crippen LogP contribution in [-0.2, 0) is 4.74 Å². The summed E-state index contributed by atoms with van der Waals surface area (Å²) in [4.78, 5) is 0. The van der Waals surface area contributed by atoms with Gasteiger partial charge < -0.3 is 20.1 Å². The summed E-state index contributed by atoms with van der Waals surface area (Å²) in [6.07, 6.45) is 3.44. The monoisotopic (exact) mass is 398 g/mol. The number of aliphatic hydroxyl groups is 2. The van der Waals surface area contributed by atoms with Crippen molar-refractivity contribution in [3.05, 3.63) is 89.3 Å². The van der Waals surface area contributed by atoms with Crippen molar-refractivity contribution >= 4 is 11.6 Å². The number of aliphatic hydroxyl groups excluding tert-OH is 2. The molecule has 5 heteroatoms. The number of hydrogen-bond donors (Lipinski definition) is 3. The zero-order valence-corrected chi connectivity index (χ0v) is 16.5. The van der Waals surface area contributed by atoms with Gasteiger partial charge in [-0.05, 0) is 52.8 Å². The van der Waals surface area contributed by atoms with Crippen LogP contribution < -0.4 is 0 Å². The van der Waals surface area contributed by atoms with Crippen LogP contribution in [-0.4, -0.2) is 41.7 Å². The smallest absolute Gasteiger partial charge is 0.165 e. The first kappa shape index (κ1) is 22.6. The predicted molar refractivity (Wildman–Crippen MR) is 114 cm³/mol. The van der Waals surface area contributed by atoms with Gasteiger partial charge in [-0.3, -0.25) is 0 Å². The van der Waals surface area contributed by atoms with Crippen LogP contribution in [0.3, 0.4) is 0 Å². The van der Waals surface area contributed by atoms with E-state index in [2.05, 4.69) is 6.58 Å². The lowest BCUT2D eigenvalue weighted by atomic mass is 9.93. The van der Waals surface area contributed by atoms with Gasteiger partial charge in [-0.15, -0.1) is 0 Å². The summed E-state index contributed by atoms with van der Waals surface area (Å²) < 4.78 is 18.8. The lowest BCUT2D eigenvalue weighted by molar-refractivity contribution is 0.191. The molecule has 0 saturated carbocycles. The average molecular weight is 398 g/mol. The summed E-state index contributed by atoms with van der Waals surface area (Å²) in [5, 5.41) is 29.3. The molecule has 2 aromatic rings. The summed E-state index contributed by atoms with van der Waals surface area (Å²) in [5.74, 6) is -1.08. The van der Waals surface area contributed by atoms with Gasteiger partial charge in [-0.25, -0.2) is 4.39 Å². The van der Waals surface area contributed by atoms with Crippen molar-refractivity contribution in [2.45, 2.75) is 18.9 Å². The maximum Gasteiger partial charge on any atom is 0.165 e. The Morgan fingerprint density at radius 1 is 1.21 bits per heavy atom. The van der Waals surface area contributed by atoms with Gasteiger partial charge in [0.15, 0.2) is 11.6 Å². The summed E-state index contributed by atoms with van der Waals surface area (Å²) in [7, 11) is 1.54. The van der Waals surface area contributed by atoms with E-state index in [1.807, 2.05) is 36.4 Å². The van der Waals surface area contributed by atoms with Crippen molar-refractivity contribution in [1.82, 2.24) is 0 Å². The fraction of sp³-hybridized carbons (Fsp3) is 0.250. The van der Waals surface area contributed by atoms with Gasteiger partial charge in [0.05, 0.1) is 19.3 Å². The molecule has 0 spiro atoms. The first-order valence-corrected chi connectivity index (χ1v) is 9.36. The third-order valence-corrected chi connectivity index (χ3v) is 4.54. The fourth-order valence-electron chi connectivity index (χ4n) is 3.09. The van der Waals surface area contributed by atoms with Crippen LogP contribution in [0.2, 0.25) is 0 Å². The highest BCUT2D eigenvalue weighted by molar-refractivity contribution is 5.81. The Morgan fingerprint density at radius 3 is 2.55 bits per heavy atom. The van der Waals surface area contributed by atoms with E-state index in [1.165, 1.54) is 18.2 Å². The molecule has 0 amide bonds. The molecule has 3 N–H and O–H groups in total. The molecule has 0 aliphatic heterocycles. The lowest BCUT2D eigenvalue weighted by Gasteiger charge is -2.18. The maximum absolute atomic E-state index is 13.7. The molecule has 154 valence electrons. The second-order valence-electron chi connectivity index (χ2n) is 6.68. The van der Waals surface area contributed by atoms with Gasteiger partial charge in [-0.1, -0.05) is 55.1 Å². The number of hydrogen-bond acceptors (Lipinski definition) is 4. The van der Waals surface area contributed by atoms with E-state index in [9.17, 15) is 19.7 Å². The highest BCUT2D eigenvalue weighted by Gasteiger charge is 2.15. The van der Waals surface area contributed by atoms with E-state index in [1.54, 1.807) is 13.2 Å². The summed E-state index contributed by atoms with van der Waals surface area (Å²) in [6, 6.07) is 13.8. The third-order valence-electron chi connectivity index (χ3n) is 4.54. The first-order valence-electron chi connectivity index (χ1n) is 9.36. The van der Waals surface area contributed by atoms with Crippen molar-refractivity contribution < 1.29 is 24.4 Å². The van der Waals surface area contributed by atoms with Crippen LogP contribution in [0.25, 0.3) is 11.6 Å². The number of phenolic OH excluding ortho intramolecular Hbond substituents is 1. The third kappa shape index (κ3) is 6.68. The standard InChI is InChI=1S/C24H27FO4/c1-17(16-29-2)21(12-13-26)23(27)11-9-20(19-6-4-3-5-7-19)14-18-8-10-24(28)22(25)15-18/h3-8,10,12,14-15,23,26-28H,1,9,11,13,16H2,2H3/b20-14-,21-12-. The quantitative estimate of drug-likeness (QED) is 0.411. The predicted octanol–water partition coefficient (Wildman–Crippen LogP) is 4.33. The molecule has 0 aromatic heterocycles. The van der Waals surface area contributed by atoms with Crippen molar-refractivity contribution in [2.24, 2.45) is 0 Å². The number of aromatic hydroxyl groups is 1. The number of halogens is 1. The Hall–Kier alpha value is -2.73. The van der Waals surface area contributed by atoms with Crippen LogP contribution in [0.5, 0.6) is 5.75 Å². The Morgan fingerprint density at radius 2 is 1.93 bits per heavy atom. The van der Waals surface area contributed by atoms with Gasteiger partial charge in [0.2, 0.25) is 0 Å². The van der Waals surface area contributed by atoms with Crippen molar-refractivity contribution in [3.63, 3.8) is 0 Å². The van der Waals surface area contributed by atoms with Gasteiger partial charge in [0, 0.05) is 7.11 Å². The zero-order valence-electron chi connectivity index (χ0n) is 16.5. The summed E-state index contributed by atoms with van der Waals surface area (Å²) in [5.41, 5.74) is 3.65. The van der Waals surface area contributed by atoms with Crippen LogP contribution in [0.4, 0.5) is 4.39 Å². The van der Waals surface area contributed by atoms with Gasteiger partial charge >= 0.3 is 0 Å². The second-order valence-corrected chi connectivity index (χ2v) is 6.68. The molecule has 0 heterocycles. The molecule has 4 nitrogen and oxygen atoms in total.